The Balaban J connectivity index is 2.10. The molecule has 19 heavy (non-hydrogen) atoms. The van der Waals surface area contributed by atoms with Crippen LogP contribution in [0.3, 0.4) is 0 Å². The summed E-state index contributed by atoms with van der Waals surface area (Å²) in [5.41, 5.74) is 2.02. The summed E-state index contributed by atoms with van der Waals surface area (Å²) in [5.74, 6) is 1.34. The van der Waals surface area contributed by atoms with E-state index in [1.54, 1.807) is 12.1 Å². The molecule has 0 atom stereocenters. The van der Waals surface area contributed by atoms with Crippen molar-refractivity contribution in [2.75, 3.05) is 6.61 Å². The first kappa shape index (κ1) is 13.2. The molecule has 1 aromatic carbocycles. The molecule has 4 heteroatoms. The van der Waals surface area contributed by atoms with Crippen molar-refractivity contribution in [2.45, 2.75) is 13.8 Å². The number of benzene rings is 1. The zero-order chi connectivity index (χ0) is 13.7. The summed E-state index contributed by atoms with van der Waals surface area (Å²) in [4.78, 5) is 10.5. The Morgan fingerprint density at radius 1 is 1.11 bits per heavy atom. The van der Waals surface area contributed by atoms with E-state index in [-0.39, 0.29) is 0 Å². The van der Waals surface area contributed by atoms with Crippen LogP contribution < -0.4 is 4.74 Å². The van der Waals surface area contributed by atoms with Crippen LogP contribution in [0, 0.1) is 5.92 Å². The molecule has 0 aliphatic heterocycles. The van der Waals surface area contributed by atoms with Crippen LogP contribution in [0.4, 0.5) is 0 Å². The summed E-state index contributed by atoms with van der Waals surface area (Å²) < 4.78 is 5.61. The van der Waals surface area contributed by atoms with Gasteiger partial charge >= 0.3 is 0 Å². The lowest BCUT2D eigenvalue weighted by atomic mass is 10.1. The molecule has 0 fully saturated rings. The van der Waals surface area contributed by atoms with Crippen molar-refractivity contribution >= 4 is 6.29 Å². The average Bonchev–Trinajstić information content (AvgIpc) is 2.46. The topological polar surface area (TPSA) is 52.1 Å². The zero-order valence-corrected chi connectivity index (χ0v) is 11.0. The summed E-state index contributed by atoms with van der Waals surface area (Å²) in [5, 5.41) is 7.81. The van der Waals surface area contributed by atoms with Crippen LogP contribution in [-0.2, 0) is 0 Å². The Labute approximate surface area is 112 Å². The molecule has 0 saturated heterocycles. The van der Waals surface area contributed by atoms with Gasteiger partial charge in [0.25, 0.3) is 0 Å². The summed E-state index contributed by atoms with van der Waals surface area (Å²) >= 11 is 0. The van der Waals surface area contributed by atoms with Gasteiger partial charge in [-0.15, -0.1) is 10.2 Å². The third-order valence-electron chi connectivity index (χ3n) is 2.54. The quantitative estimate of drug-likeness (QED) is 0.772. The zero-order valence-electron chi connectivity index (χ0n) is 11.0. The number of carbonyl (C=O) groups excluding carboxylic acids is 1. The van der Waals surface area contributed by atoms with Gasteiger partial charge in [0.05, 0.1) is 12.3 Å². The molecule has 0 N–H and O–H groups in total. The number of rotatable bonds is 5. The van der Waals surface area contributed by atoms with E-state index in [4.69, 9.17) is 4.74 Å². The highest BCUT2D eigenvalue weighted by atomic mass is 16.5. The van der Waals surface area contributed by atoms with E-state index in [2.05, 4.69) is 24.0 Å². The maximum absolute atomic E-state index is 10.5. The molecule has 0 radical (unpaired) electrons. The molecular formula is C15H16N2O2. The molecule has 4 nitrogen and oxygen atoms in total. The van der Waals surface area contributed by atoms with Gasteiger partial charge in [0, 0.05) is 5.56 Å². The van der Waals surface area contributed by atoms with Crippen LogP contribution in [0.25, 0.3) is 11.3 Å². The lowest BCUT2D eigenvalue weighted by Gasteiger charge is -2.09. The Bertz CT molecular complexity index is 533. The number of hydrogen-bond acceptors (Lipinski definition) is 4. The molecule has 0 spiro atoms. The van der Waals surface area contributed by atoms with Crippen molar-refractivity contribution in [1.29, 1.82) is 0 Å². The van der Waals surface area contributed by atoms with Crippen LogP contribution in [-0.4, -0.2) is 23.1 Å². The van der Waals surface area contributed by atoms with Crippen molar-refractivity contribution in [3.8, 4) is 17.0 Å². The van der Waals surface area contributed by atoms with Crippen molar-refractivity contribution in [3.05, 3.63) is 42.1 Å². The number of carbonyl (C=O) groups is 1. The van der Waals surface area contributed by atoms with Gasteiger partial charge in [0.2, 0.25) is 0 Å². The van der Waals surface area contributed by atoms with Gasteiger partial charge in [0.1, 0.15) is 11.4 Å². The van der Waals surface area contributed by atoms with Crippen LogP contribution in [0.5, 0.6) is 5.75 Å². The van der Waals surface area contributed by atoms with Gasteiger partial charge in [-0.25, -0.2) is 0 Å². The number of aldehydes is 1. The van der Waals surface area contributed by atoms with Crippen molar-refractivity contribution in [3.63, 3.8) is 0 Å². The fraction of sp³-hybridized carbons (Fsp3) is 0.267. The van der Waals surface area contributed by atoms with E-state index < -0.39 is 0 Å². The summed E-state index contributed by atoms with van der Waals surface area (Å²) in [7, 11) is 0. The largest absolute Gasteiger partial charge is 0.493 e. The second kappa shape index (κ2) is 6.09. The van der Waals surface area contributed by atoms with Crippen molar-refractivity contribution in [1.82, 2.24) is 10.2 Å². The van der Waals surface area contributed by atoms with E-state index >= 15 is 0 Å². The Kier molecular flexibility index (Phi) is 4.23. The molecule has 0 saturated carbocycles. The van der Waals surface area contributed by atoms with Gasteiger partial charge in [-0.3, -0.25) is 4.79 Å². The molecular weight excluding hydrogens is 240 g/mol. The van der Waals surface area contributed by atoms with E-state index in [0.29, 0.717) is 24.5 Å². The van der Waals surface area contributed by atoms with Crippen LogP contribution in [0.15, 0.2) is 36.4 Å². The average molecular weight is 256 g/mol. The van der Waals surface area contributed by atoms with E-state index in [9.17, 15) is 4.79 Å². The standard InChI is InChI=1S/C15H16N2O2/c1-11(2)10-19-14-6-3-12(4-7-14)15-8-5-13(9-18)16-17-15/h3-9,11H,10H2,1-2H3. The number of nitrogens with zero attached hydrogens (tertiary/aromatic N) is 2. The number of ether oxygens (including phenoxy) is 1. The van der Waals surface area contributed by atoms with E-state index in [0.717, 1.165) is 17.0 Å². The van der Waals surface area contributed by atoms with Crippen molar-refractivity contribution < 1.29 is 9.53 Å². The highest BCUT2D eigenvalue weighted by Gasteiger charge is 2.02. The highest BCUT2D eigenvalue weighted by Crippen LogP contribution is 2.20. The Hall–Kier alpha value is -2.23. The number of aromatic nitrogens is 2. The highest BCUT2D eigenvalue weighted by molar-refractivity contribution is 5.72. The van der Waals surface area contributed by atoms with Crippen LogP contribution >= 0.6 is 0 Å². The first-order valence-electron chi connectivity index (χ1n) is 6.21. The summed E-state index contributed by atoms with van der Waals surface area (Å²) in [6.45, 7) is 4.92. The SMILES string of the molecule is CC(C)COc1ccc(-c2ccc(C=O)nn2)cc1. The lowest BCUT2D eigenvalue weighted by Crippen LogP contribution is -2.04. The van der Waals surface area contributed by atoms with Crippen LogP contribution in [0.1, 0.15) is 24.3 Å². The van der Waals surface area contributed by atoms with Crippen molar-refractivity contribution in [2.24, 2.45) is 5.92 Å². The first-order chi connectivity index (χ1) is 9.19. The Morgan fingerprint density at radius 3 is 2.37 bits per heavy atom. The maximum Gasteiger partial charge on any atom is 0.170 e. The molecule has 2 rings (SSSR count). The first-order valence-corrected chi connectivity index (χ1v) is 6.21. The van der Waals surface area contributed by atoms with Gasteiger partial charge < -0.3 is 4.74 Å². The molecule has 98 valence electrons. The molecule has 0 bridgehead atoms. The second-order valence-corrected chi connectivity index (χ2v) is 4.69. The molecule has 0 aliphatic carbocycles. The van der Waals surface area contributed by atoms with E-state index in [1.807, 2.05) is 24.3 Å². The third kappa shape index (κ3) is 3.61. The minimum Gasteiger partial charge on any atom is -0.493 e. The molecule has 1 heterocycles. The molecule has 2 aromatic rings. The maximum atomic E-state index is 10.5. The third-order valence-corrected chi connectivity index (χ3v) is 2.54. The summed E-state index contributed by atoms with van der Waals surface area (Å²) in [6, 6.07) is 11.1. The van der Waals surface area contributed by atoms with Gasteiger partial charge in [-0.05, 0) is 42.3 Å². The fourth-order valence-electron chi connectivity index (χ4n) is 1.54. The smallest absolute Gasteiger partial charge is 0.170 e. The predicted molar refractivity (Wildman–Crippen MR) is 73.2 cm³/mol. The fourth-order valence-corrected chi connectivity index (χ4v) is 1.54. The predicted octanol–water partition coefficient (Wildman–Crippen LogP) is 2.99. The van der Waals surface area contributed by atoms with Gasteiger partial charge in [-0.1, -0.05) is 13.8 Å². The molecule has 0 aliphatic rings. The lowest BCUT2D eigenvalue weighted by molar-refractivity contribution is 0.111. The molecule has 0 unspecified atom stereocenters. The molecule has 1 aromatic heterocycles. The van der Waals surface area contributed by atoms with Gasteiger partial charge in [0.15, 0.2) is 6.29 Å². The monoisotopic (exact) mass is 256 g/mol. The normalized spacial score (nSPS) is 10.5. The second-order valence-electron chi connectivity index (χ2n) is 4.69. The summed E-state index contributed by atoms with van der Waals surface area (Å²) in [6.07, 6.45) is 0.680. The minimum absolute atomic E-state index is 0.334. The van der Waals surface area contributed by atoms with Gasteiger partial charge in [-0.2, -0.15) is 0 Å². The van der Waals surface area contributed by atoms with Crippen LogP contribution in [0.2, 0.25) is 0 Å². The Morgan fingerprint density at radius 2 is 1.84 bits per heavy atom. The number of hydrogen-bond donors (Lipinski definition) is 0. The van der Waals surface area contributed by atoms with E-state index in [1.165, 1.54) is 0 Å². The minimum atomic E-state index is 0.334. The molecule has 0 amide bonds.